The number of ether oxygens (including phenoxy) is 1. The Labute approximate surface area is 186 Å². The quantitative estimate of drug-likeness (QED) is 0.608. The molecule has 0 radical (unpaired) electrons. The van der Waals surface area contributed by atoms with Gasteiger partial charge in [-0.05, 0) is 18.9 Å². The second-order valence-corrected chi connectivity index (χ2v) is 8.88. The molecule has 6 nitrogen and oxygen atoms in total. The summed E-state index contributed by atoms with van der Waals surface area (Å²) in [6.45, 7) is 9.40. The summed E-state index contributed by atoms with van der Waals surface area (Å²) in [6, 6.07) is 7.87. The van der Waals surface area contributed by atoms with E-state index in [1.54, 1.807) is 7.11 Å². The van der Waals surface area contributed by atoms with Crippen molar-refractivity contribution in [3.05, 3.63) is 35.9 Å². The van der Waals surface area contributed by atoms with Gasteiger partial charge in [-0.3, -0.25) is 14.5 Å². The van der Waals surface area contributed by atoms with E-state index >= 15 is 0 Å². The van der Waals surface area contributed by atoms with Crippen LogP contribution in [0.4, 0.5) is 0 Å². The van der Waals surface area contributed by atoms with Gasteiger partial charge in [-0.2, -0.15) is 0 Å². The Bertz CT molecular complexity index is 765. The zero-order valence-electron chi connectivity index (χ0n) is 19.3. The molecular formula is C25H37N3O3. The highest BCUT2D eigenvalue weighted by Gasteiger charge is 2.31. The molecule has 2 aliphatic rings. The standard InChI is InChI=1S/C25H37N3O3/c1-20(2)24(29)27(13-7-11-21-8-4-5-12-23(21)31-3)17-14-26-15-18-28(19-16-26)25(30)22-9-6-10-22/h4-5,7-8,11-12,20,22H,6,9-10,13-19H2,1-3H3/b11-7+. The molecule has 2 fully saturated rings. The van der Waals surface area contributed by atoms with Gasteiger partial charge in [0, 0.05) is 63.2 Å². The molecule has 0 aromatic heterocycles. The molecule has 0 spiro atoms. The van der Waals surface area contributed by atoms with E-state index < -0.39 is 0 Å². The lowest BCUT2D eigenvalue weighted by Gasteiger charge is -2.38. The first-order chi connectivity index (χ1) is 15.0. The molecule has 1 aromatic rings. The van der Waals surface area contributed by atoms with Gasteiger partial charge in [0.25, 0.3) is 0 Å². The van der Waals surface area contributed by atoms with Crippen LogP contribution in [0.1, 0.15) is 38.7 Å². The van der Waals surface area contributed by atoms with Crippen LogP contribution in [0.25, 0.3) is 6.08 Å². The number of nitrogens with zero attached hydrogens (tertiary/aromatic N) is 3. The molecular weight excluding hydrogens is 390 g/mol. The number of carbonyl (C=O) groups excluding carboxylic acids is 2. The Kier molecular flexibility index (Phi) is 8.52. The van der Waals surface area contributed by atoms with Crippen LogP contribution in [-0.4, -0.2) is 79.4 Å². The molecule has 2 amide bonds. The highest BCUT2D eigenvalue weighted by Crippen LogP contribution is 2.28. The van der Waals surface area contributed by atoms with Crippen LogP contribution in [-0.2, 0) is 9.59 Å². The van der Waals surface area contributed by atoms with Gasteiger partial charge in [-0.15, -0.1) is 0 Å². The van der Waals surface area contributed by atoms with E-state index in [0.717, 1.165) is 56.9 Å². The summed E-state index contributed by atoms with van der Waals surface area (Å²) < 4.78 is 5.40. The van der Waals surface area contributed by atoms with E-state index in [-0.39, 0.29) is 17.7 Å². The molecule has 1 aliphatic carbocycles. The number of hydrogen-bond acceptors (Lipinski definition) is 4. The van der Waals surface area contributed by atoms with Crippen LogP contribution in [0.5, 0.6) is 5.75 Å². The molecule has 1 heterocycles. The fraction of sp³-hybridized carbons (Fsp3) is 0.600. The summed E-state index contributed by atoms with van der Waals surface area (Å²) in [4.78, 5) is 31.5. The lowest BCUT2D eigenvalue weighted by atomic mass is 9.84. The van der Waals surface area contributed by atoms with Crippen LogP contribution in [0.15, 0.2) is 30.3 Å². The molecule has 0 N–H and O–H groups in total. The maximum absolute atomic E-state index is 12.7. The van der Waals surface area contributed by atoms with E-state index in [0.29, 0.717) is 19.0 Å². The van der Waals surface area contributed by atoms with Gasteiger partial charge in [0.1, 0.15) is 5.75 Å². The van der Waals surface area contributed by atoms with Crippen LogP contribution in [0.3, 0.4) is 0 Å². The zero-order valence-corrected chi connectivity index (χ0v) is 19.3. The molecule has 3 rings (SSSR count). The number of para-hydroxylation sites is 1. The van der Waals surface area contributed by atoms with Crippen molar-refractivity contribution >= 4 is 17.9 Å². The average molecular weight is 428 g/mol. The fourth-order valence-electron chi connectivity index (χ4n) is 4.14. The van der Waals surface area contributed by atoms with Crippen molar-refractivity contribution in [1.82, 2.24) is 14.7 Å². The van der Waals surface area contributed by atoms with Crippen LogP contribution in [0, 0.1) is 11.8 Å². The monoisotopic (exact) mass is 427 g/mol. The molecule has 6 heteroatoms. The van der Waals surface area contributed by atoms with Crippen LogP contribution < -0.4 is 4.74 Å². The van der Waals surface area contributed by atoms with Crippen molar-refractivity contribution in [3.63, 3.8) is 0 Å². The highest BCUT2D eigenvalue weighted by molar-refractivity contribution is 5.79. The number of methoxy groups -OCH3 is 1. The first-order valence-corrected chi connectivity index (χ1v) is 11.6. The van der Waals surface area contributed by atoms with Crippen molar-refractivity contribution in [2.24, 2.45) is 11.8 Å². The number of piperazine rings is 1. The zero-order chi connectivity index (χ0) is 22.2. The average Bonchev–Trinajstić information content (AvgIpc) is 2.75. The molecule has 1 aromatic carbocycles. The minimum Gasteiger partial charge on any atom is -0.496 e. The van der Waals surface area contributed by atoms with E-state index in [9.17, 15) is 9.59 Å². The van der Waals surface area contributed by atoms with Gasteiger partial charge in [-0.1, -0.05) is 50.6 Å². The van der Waals surface area contributed by atoms with E-state index in [2.05, 4.69) is 4.90 Å². The Morgan fingerprint density at radius 2 is 1.87 bits per heavy atom. The predicted molar refractivity (Wildman–Crippen MR) is 124 cm³/mol. The third kappa shape index (κ3) is 6.33. The molecule has 1 aliphatic heterocycles. The second kappa shape index (κ2) is 11.3. The molecule has 1 saturated carbocycles. The molecule has 1 saturated heterocycles. The summed E-state index contributed by atoms with van der Waals surface area (Å²) in [5, 5.41) is 0. The minimum atomic E-state index is -0.0309. The minimum absolute atomic E-state index is 0.0309. The van der Waals surface area contributed by atoms with E-state index in [1.165, 1.54) is 6.42 Å². The SMILES string of the molecule is COc1ccccc1/C=C/CN(CCN1CCN(C(=O)C2CCC2)CC1)C(=O)C(C)C. The summed E-state index contributed by atoms with van der Waals surface area (Å²) in [5.41, 5.74) is 1.01. The summed E-state index contributed by atoms with van der Waals surface area (Å²) in [5.74, 6) is 1.60. The highest BCUT2D eigenvalue weighted by atomic mass is 16.5. The molecule has 31 heavy (non-hydrogen) atoms. The number of hydrogen-bond donors (Lipinski definition) is 0. The molecule has 0 bridgehead atoms. The third-order valence-corrected chi connectivity index (χ3v) is 6.39. The summed E-state index contributed by atoms with van der Waals surface area (Å²) in [6.07, 6.45) is 7.38. The van der Waals surface area contributed by atoms with Gasteiger partial charge in [0.15, 0.2) is 0 Å². The molecule has 0 unspecified atom stereocenters. The lowest BCUT2D eigenvalue weighted by Crippen LogP contribution is -2.52. The van der Waals surface area contributed by atoms with Gasteiger partial charge >= 0.3 is 0 Å². The first-order valence-electron chi connectivity index (χ1n) is 11.6. The Balaban J connectivity index is 1.50. The van der Waals surface area contributed by atoms with Crippen molar-refractivity contribution < 1.29 is 14.3 Å². The van der Waals surface area contributed by atoms with Gasteiger partial charge < -0.3 is 14.5 Å². The van der Waals surface area contributed by atoms with Gasteiger partial charge in [0.05, 0.1) is 7.11 Å². The van der Waals surface area contributed by atoms with Crippen LogP contribution >= 0.6 is 0 Å². The lowest BCUT2D eigenvalue weighted by molar-refractivity contribution is -0.140. The Morgan fingerprint density at radius 1 is 1.16 bits per heavy atom. The van der Waals surface area contributed by atoms with Gasteiger partial charge in [-0.25, -0.2) is 0 Å². The van der Waals surface area contributed by atoms with E-state index in [1.807, 2.05) is 60.1 Å². The van der Waals surface area contributed by atoms with Gasteiger partial charge in [0.2, 0.25) is 11.8 Å². The Hall–Kier alpha value is -2.34. The smallest absolute Gasteiger partial charge is 0.225 e. The topological polar surface area (TPSA) is 53.1 Å². The largest absolute Gasteiger partial charge is 0.496 e. The Morgan fingerprint density at radius 3 is 2.48 bits per heavy atom. The van der Waals surface area contributed by atoms with Crippen molar-refractivity contribution in [3.8, 4) is 5.75 Å². The van der Waals surface area contributed by atoms with E-state index in [4.69, 9.17) is 4.74 Å². The van der Waals surface area contributed by atoms with Crippen molar-refractivity contribution in [2.75, 3.05) is 52.9 Å². The van der Waals surface area contributed by atoms with Crippen LogP contribution in [0.2, 0.25) is 0 Å². The fourth-order valence-corrected chi connectivity index (χ4v) is 4.14. The third-order valence-electron chi connectivity index (χ3n) is 6.39. The maximum Gasteiger partial charge on any atom is 0.225 e. The molecule has 0 atom stereocenters. The summed E-state index contributed by atoms with van der Waals surface area (Å²) in [7, 11) is 1.67. The summed E-state index contributed by atoms with van der Waals surface area (Å²) >= 11 is 0. The molecule has 170 valence electrons. The maximum atomic E-state index is 12.7. The predicted octanol–water partition coefficient (Wildman–Crippen LogP) is 3.14. The second-order valence-electron chi connectivity index (χ2n) is 8.88. The number of benzene rings is 1. The number of carbonyl (C=O) groups is 2. The number of rotatable bonds is 9. The van der Waals surface area contributed by atoms with Crippen molar-refractivity contribution in [2.45, 2.75) is 33.1 Å². The normalized spacial score (nSPS) is 17.7. The first kappa shape index (κ1) is 23.3. The van der Waals surface area contributed by atoms with Crippen molar-refractivity contribution in [1.29, 1.82) is 0 Å². The number of amides is 2.